The third kappa shape index (κ3) is 4.78. The molecule has 1 unspecified atom stereocenters. The molecule has 1 aliphatic rings. The molecule has 0 spiro atoms. The lowest BCUT2D eigenvalue weighted by Gasteiger charge is -2.19. The van der Waals surface area contributed by atoms with Gasteiger partial charge in [0.05, 0.1) is 23.6 Å². The van der Waals surface area contributed by atoms with Crippen LogP contribution >= 0.6 is 0 Å². The number of aromatic nitrogens is 1. The average molecular weight is 443 g/mol. The second kappa shape index (κ2) is 8.19. The van der Waals surface area contributed by atoms with E-state index in [0.717, 1.165) is 11.8 Å². The summed E-state index contributed by atoms with van der Waals surface area (Å²) in [5.74, 6) is -0.00741. The Bertz CT molecular complexity index is 1060. The van der Waals surface area contributed by atoms with E-state index in [1.54, 1.807) is 31.0 Å². The van der Waals surface area contributed by atoms with Crippen molar-refractivity contribution in [2.75, 3.05) is 25.1 Å². The van der Waals surface area contributed by atoms with Gasteiger partial charge in [-0.15, -0.1) is 0 Å². The molecule has 3 rings (SSSR count). The zero-order chi connectivity index (χ0) is 22.3. The summed E-state index contributed by atoms with van der Waals surface area (Å²) in [7, 11) is -1.46. The van der Waals surface area contributed by atoms with Crippen molar-refractivity contribution in [3.8, 4) is 0 Å². The van der Waals surface area contributed by atoms with E-state index in [4.69, 9.17) is 0 Å². The van der Waals surface area contributed by atoms with Crippen molar-refractivity contribution < 1.29 is 26.4 Å². The third-order valence-electron chi connectivity index (χ3n) is 5.53. The zero-order valence-electron chi connectivity index (χ0n) is 17.2. The number of carbonyl (C=O) groups is 1. The topological polar surface area (TPSA) is 59.4 Å². The maximum atomic E-state index is 13.2. The van der Waals surface area contributed by atoms with E-state index in [-0.39, 0.29) is 42.0 Å². The van der Waals surface area contributed by atoms with E-state index >= 15 is 0 Å². The molecule has 0 N–H and O–H groups in total. The number of nitrogens with zero attached hydrogens (tertiary/aromatic N) is 2. The Labute approximate surface area is 174 Å². The molecule has 0 aliphatic carbocycles. The maximum Gasteiger partial charge on any atom is 0.416 e. The molecule has 2 aromatic rings. The maximum absolute atomic E-state index is 13.2. The highest BCUT2D eigenvalue weighted by atomic mass is 32.2. The monoisotopic (exact) mass is 442 g/mol. The molecule has 1 fully saturated rings. The van der Waals surface area contributed by atoms with Crippen LogP contribution in [0.2, 0.25) is 0 Å². The Kier molecular flexibility index (Phi) is 6.15. The molecule has 0 saturated carbocycles. The molecule has 30 heavy (non-hydrogen) atoms. The van der Waals surface area contributed by atoms with E-state index in [1.165, 1.54) is 12.1 Å². The molecule has 1 saturated heterocycles. The lowest BCUT2D eigenvalue weighted by atomic mass is 10.1. The van der Waals surface area contributed by atoms with Crippen molar-refractivity contribution in [3.05, 3.63) is 58.4 Å². The standard InChI is InChI=1S/C21H25F3N2O3S/c1-14-10-18(15(2)26(14)17-8-9-30(28,29)13-17)20(27)12-25(3)11-16-6-4-5-7-19(16)21(22,23)24/h4-7,10,17H,8-9,11-13H2,1-3H3. The number of aryl methyl sites for hydroxylation is 1. The van der Waals surface area contributed by atoms with Gasteiger partial charge in [0, 0.05) is 29.5 Å². The van der Waals surface area contributed by atoms with Gasteiger partial charge in [-0.05, 0) is 45.0 Å². The summed E-state index contributed by atoms with van der Waals surface area (Å²) < 4.78 is 65.1. The van der Waals surface area contributed by atoms with E-state index in [1.807, 2.05) is 11.5 Å². The van der Waals surface area contributed by atoms with Crippen molar-refractivity contribution in [2.24, 2.45) is 0 Å². The number of alkyl halides is 3. The Balaban J connectivity index is 1.75. The predicted octanol–water partition coefficient (Wildman–Crippen LogP) is 3.80. The summed E-state index contributed by atoms with van der Waals surface area (Å²) in [5, 5.41) is 0. The SMILES string of the molecule is Cc1cc(C(=O)CN(C)Cc2ccccc2C(F)(F)F)c(C)n1C1CCS(=O)(=O)C1. The number of likely N-dealkylation sites (N-methyl/N-ethyl adjacent to an activating group) is 1. The number of Topliss-reactive ketones (excluding diaryl/α,β-unsaturated/α-hetero) is 1. The Morgan fingerprint density at radius 2 is 1.90 bits per heavy atom. The predicted molar refractivity (Wildman–Crippen MR) is 108 cm³/mol. The number of carbonyl (C=O) groups excluding carboxylic acids is 1. The van der Waals surface area contributed by atoms with Crippen LogP contribution < -0.4 is 0 Å². The van der Waals surface area contributed by atoms with E-state index < -0.39 is 21.6 Å². The summed E-state index contributed by atoms with van der Waals surface area (Å²) in [4.78, 5) is 14.4. The van der Waals surface area contributed by atoms with Crippen LogP contribution in [0.3, 0.4) is 0 Å². The van der Waals surface area contributed by atoms with E-state index in [9.17, 15) is 26.4 Å². The smallest absolute Gasteiger partial charge is 0.344 e. The molecular formula is C21H25F3N2O3S. The second-order valence-electron chi connectivity index (χ2n) is 7.96. The highest BCUT2D eigenvalue weighted by Crippen LogP contribution is 2.32. The van der Waals surface area contributed by atoms with Crippen LogP contribution in [0.25, 0.3) is 0 Å². The first kappa shape index (κ1) is 22.6. The van der Waals surface area contributed by atoms with Gasteiger partial charge in [0.1, 0.15) is 0 Å². The number of halogens is 3. The summed E-state index contributed by atoms with van der Waals surface area (Å²) in [5.41, 5.74) is 1.39. The van der Waals surface area contributed by atoms with Crippen LogP contribution in [0, 0.1) is 13.8 Å². The molecule has 0 bridgehead atoms. The minimum Gasteiger partial charge on any atom is -0.344 e. The van der Waals surface area contributed by atoms with Gasteiger partial charge in [-0.25, -0.2) is 8.42 Å². The van der Waals surface area contributed by atoms with E-state index in [2.05, 4.69) is 0 Å². The van der Waals surface area contributed by atoms with Gasteiger partial charge >= 0.3 is 6.18 Å². The number of sulfone groups is 1. The molecule has 1 aromatic heterocycles. The minimum atomic E-state index is -4.45. The fraction of sp³-hybridized carbons (Fsp3) is 0.476. The normalized spacial score (nSPS) is 18.8. The average Bonchev–Trinajstić information content (AvgIpc) is 3.12. The van der Waals surface area contributed by atoms with Gasteiger partial charge in [-0.1, -0.05) is 18.2 Å². The lowest BCUT2D eigenvalue weighted by Crippen LogP contribution is -2.27. The van der Waals surface area contributed by atoms with Crippen LogP contribution in [0.1, 0.15) is 45.3 Å². The Morgan fingerprint density at radius 1 is 1.23 bits per heavy atom. The van der Waals surface area contributed by atoms with Crippen molar-refractivity contribution >= 4 is 15.6 Å². The molecule has 164 valence electrons. The van der Waals surface area contributed by atoms with Crippen molar-refractivity contribution in [1.29, 1.82) is 0 Å². The molecule has 1 atom stereocenters. The summed E-state index contributed by atoms with van der Waals surface area (Å²) >= 11 is 0. The molecule has 2 heterocycles. The van der Waals surface area contributed by atoms with Crippen molar-refractivity contribution in [1.82, 2.24) is 9.47 Å². The fourth-order valence-electron chi connectivity index (χ4n) is 4.21. The largest absolute Gasteiger partial charge is 0.416 e. The molecule has 0 amide bonds. The number of benzene rings is 1. The van der Waals surface area contributed by atoms with Crippen LogP contribution in [0.15, 0.2) is 30.3 Å². The van der Waals surface area contributed by atoms with Gasteiger partial charge in [0.15, 0.2) is 15.6 Å². The van der Waals surface area contributed by atoms with Crippen LogP contribution in [-0.4, -0.2) is 48.8 Å². The fourth-order valence-corrected chi connectivity index (χ4v) is 5.91. The van der Waals surface area contributed by atoms with E-state index in [0.29, 0.717) is 17.7 Å². The first-order valence-corrected chi connectivity index (χ1v) is 11.5. The quantitative estimate of drug-likeness (QED) is 0.639. The zero-order valence-corrected chi connectivity index (χ0v) is 18.0. The summed E-state index contributed by atoms with van der Waals surface area (Å²) in [6, 6.07) is 6.89. The van der Waals surface area contributed by atoms with Crippen LogP contribution in [0.4, 0.5) is 13.2 Å². The molecule has 5 nitrogen and oxygen atoms in total. The van der Waals surface area contributed by atoms with Gasteiger partial charge in [-0.3, -0.25) is 9.69 Å². The first-order valence-electron chi connectivity index (χ1n) is 9.65. The molecule has 0 radical (unpaired) electrons. The highest BCUT2D eigenvalue weighted by Gasteiger charge is 2.34. The number of rotatable bonds is 6. The number of hydrogen-bond donors (Lipinski definition) is 0. The van der Waals surface area contributed by atoms with Crippen LogP contribution in [0.5, 0.6) is 0 Å². The highest BCUT2D eigenvalue weighted by molar-refractivity contribution is 7.91. The van der Waals surface area contributed by atoms with Gasteiger partial charge in [-0.2, -0.15) is 13.2 Å². The van der Waals surface area contributed by atoms with Gasteiger partial charge in [0.2, 0.25) is 0 Å². The molecule has 9 heteroatoms. The second-order valence-corrected chi connectivity index (χ2v) is 10.2. The number of ketones is 1. The lowest BCUT2D eigenvalue weighted by molar-refractivity contribution is -0.138. The molecule has 1 aliphatic heterocycles. The minimum absolute atomic E-state index is 0.0129. The molecular weight excluding hydrogens is 417 g/mol. The summed E-state index contributed by atoms with van der Waals surface area (Å²) in [6.45, 7) is 3.56. The summed E-state index contributed by atoms with van der Waals surface area (Å²) in [6.07, 6.45) is -3.94. The van der Waals surface area contributed by atoms with Gasteiger partial charge < -0.3 is 4.57 Å². The van der Waals surface area contributed by atoms with Crippen molar-refractivity contribution in [2.45, 2.75) is 39.0 Å². The van der Waals surface area contributed by atoms with Gasteiger partial charge in [0.25, 0.3) is 0 Å². The first-order chi connectivity index (χ1) is 13.9. The Morgan fingerprint density at radius 3 is 2.50 bits per heavy atom. The Hall–Kier alpha value is -2.13. The molecule has 1 aromatic carbocycles. The van der Waals surface area contributed by atoms with Crippen molar-refractivity contribution in [3.63, 3.8) is 0 Å². The third-order valence-corrected chi connectivity index (χ3v) is 7.29. The van der Waals surface area contributed by atoms with Crippen LogP contribution in [-0.2, 0) is 22.6 Å². The number of hydrogen-bond acceptors (Lipinski definition) is 4.